The minimum Gasteiger partial charge on any atom is -0.394 e. The number of pyridine rings is 1. The molecule has 160 valence electrons. The van der Waals surface area contributed by atoms with Crippen LogP contribution in [0.2, 0.25) is 0 Å². The van der Waals surface area contributed by atoms with Crippen LogP contribution in [0.5, 0.6) is 0 Å². The van der Waals surface area contributed by atoms with E-state index in [9.17, 15) is 19.8 Å². The van der Waals surface area contributed by atoms with Crippen molar-refractivity contribution in [1.29, 1.82) is 0 Å². The second kappa shape index (κ2) is 10.8. The minimum absolute atomic E-state index is 0.0224. The van der Waals surface area contributed by atoms with E-state index < -0.39 is 23.9 Å². The first-order valence-corrected chi connectivity index (χ1v) is 10.4. The van der Waals surface area contributed by atoms with Crippen molar-refractivity contribution in [3.8, 4) is 0 Å². The summed E-state index contributed by atoms with van der Waals surface area (Å²) in [5.74, 6) is -1.06. The fourth-order valence-corrected chi connectivity index (χ4v) is 3.47. The summed E-state index contributed by atoms with van der Waals surface area (Å²) in [5.41, 5.74) is 1.54. The first-order valence-electron chi connectivity index (χ1n) is 9.62. The van der Waals surface area contributed by atoms with Gasteiger partial charge >= 0.3 is 0 Å². The number of aliphatic hydroxyl groups is 2. The Hall–Kier alpha value is -3.07. The maximum absolute atomic E-state index is 12.7. The molecule has 1 heterocycles. The van der Waals surface area contributed by atoms with E-state index in [-0.39, 0.29) is 24.6 Å². The van der Waals surface area contributed by atoms with Gasteiger partial charge in [0.15, 0.2) is 0 Å². The van der Waals surface area contributed by atoms with Crippen molar-refractivity contribution in [2.45, 2.75) is 12.1 Å². The van der Waals surface area contributed by atoms with Crippen LogP contribution in [0.1, 0.15) is 44.2 Å². The summed E-state index contributed by atoms with van der Waals surface area (Å²) >= 11 is 3.31. The molecule has 31 heavy (non-hydrogen) atoms. The number of aromatic nitrogens is 1. The number of hydrogen-bond acceptors (Lipinski definition) is 5. The van der Waals surface area contributed by atoms with Gasteiger partial charge in [-0.1, -0.05) is 76.6 Å². The average molecular weight is 484 g/mol. The van der Waals surface area contributed by atoms with Crippen molar-refractivity contribution >= 4 is 27.7 Å². The van der Waals surface area contributed by atoms with Crippen LogP contribution < -0.4 is 10.6 Å². The quantitative estimate of drug-likeness (QED) is 0.393. The van der Waals surface area contributed by atoms with Gasteiger partial charge in [-0.25, -0.2) is 4.98 Å². The fraction of sp³-hybridized carbons (Fsp3) is 0.174. The van der Waals surface area contributed by atoms with Crippen LogP contribution in [0.3, 0.4) is 0 Å². The zero-order valence-electron chi connectivity index (χ0n) is 16.5. The summed E-state index contributed by atoms with van der Waals surface area (Å²) < 4.78 is 0.498. The van der Waals surface area contributed by atoms with Crippen LogP contribution in [0.25, 0.3) is 0 Å². The van der Waals surface area contributed by atoms with Gasteiger partial charge in [0.2, 0.25) is 0 Å². The Bertz CT molecular complexity index is 952. The molecule has 0 bridgehead atoms. The number of rotatable bonds is 8. The highest BCUT2D eigenvalue weighted by Gasteiger charge is 2.20. The smallest absolute Gasteiger partial charge is 0.270 e. The second-order valence-corrected chi connectivity index (χ2v) is 7.71. The number of benzene rings is 2. The molecule has 2 amide bonds. The number of halogens is 1. The predicted molar refractivity (Wildman–Crippen MR) is 119 cm³/mol. The zero-order valence-corrected chi connectivity index (χ0v) is 18.1. The lowest BCUT2D eigenvalue weighted by molar-refractivity contribution is 0.0905. The van der Waals surface area contributed by atoms with Crippen molar-refractivity contribution < 1.29 is 19.8 Å². The predicted octanol–water partition coefficient (Wildman–Crippen LogP) is 2.77. The van der Waals surface area contributed by atoms with E-state index in [2.05, 4.69) is 31.5 Å². The molecule has 0 aliphatic carbocycles. The van der Waals surface area contributed by atoms with Gasteiger partial charge in [-0.3, -0.25) is 9.59 Å². The third-order valence-electron chi connectivity index (χ3n) is 4.64. The molecule has 2 aromatic carbocycles. The Morgan fingerprint density at radius 2 is 1.16 bits per heavy atom. The first kappa shape index (κ1) is 22.6. The largest absolute Gasteiger partial charge is 0.394 e. The van der Waals surface area contributed by atoms with Crippen LogP contribution in [-0.4, -0.2) is 40.2 Å². The molecule has 1 aromatic heterocycles. The molecule has 2 atom stereocenters. The van der Waals surface area contributed by atoms with E-state index in [4.69, 9.17) is 0 Å². The van der Waals surface area contributed by atoms with Gasteiger partial charge in [-0.15, -0.1) is 0 Å². The van der Waals surface area contributed by atoms with Gasteiger partial charge < -0.3 is 20.8 Å². The van der Waals surface area contributed by atoms with E-state index in [1.807, 2.05) is 36.4 Å². The van der Waals surface area contributed by atoms with Crippen LogP contribution in [0.15, 0.2) is 77.3 Å². The van der Waals surface area contributed by atoms with Gasteiger partial charge in [0.25, 0.3) is 11.8 Å². The Kier molecular flexibility index (Phi) is 7.88. The molecule has 3 rings (SSSR count). The molecule has 0 aliphatic rings. The van der Waals surface area contributed by atoms with Crippen LogP contribution in [0, 0.1) is 0 Å². The highest BCUT2D eigenvalue weighted by Crippen LogP contribution is 2.17. The lowest BCUT2D eigenvalue weighted by Gasteiger charge is -2.18. The van der Waals surface area contributed by atoms with E-state index in [0.29, 0.717) is 4.47 Å². The van der Waals surface area contributed by atoms with E-state index in [0.717, 1.165) is 11.1 Å². The molecule has 0 radical (unpaired) electrons. The van der Waals surface area contributed by atoms with E-state index in [1.165, 1.54) is 12.1 Å². The molecule has 8 heteroatoms. The summed E-state index contributed by atoms with van der Waals surface area (Å²) in [5, 5.41) is 24.8. The maximum atomic E-state index is 12.7. The first-order chi connectivity index (χ1) is 15.0. The molecule has 0 saturated heterocycles. The number of carbonyl (C=O) groups is 2. The van der Waals surface area contributed by atoms with Crippen molar-refractivity contribution in [1.82, 2.24) is 15.6 Å². The van der Waals surface area contributed by atoms with Gasteiger partial charge in [0.1, 0.15) is 11.4 Å². The summed E-state index contributed by atoms with van der Waals surface area (Å²) in [6.45, 7) is -0.571. The molecule has 7 nitrogen and oxygen atoms in total. The maximum Gasteiger partial charge on any atom is 0.270 e. The third kappa shape index (κ3) is 5.97. The van der Waals surface area contributed by atoms with Crippen LogP contribution >= 0.6 is 15.9 Å². The van der Waals surface area contributed by atoms with Crippen molar-refractivity contribution in [3.63, 3.8) is 0 Å². The average Bonchev–Trinajstić information content (AvgIpc) is 2.81. The summed E-state index contributed by atoms with van der Waals surface area (Å²) in [4.78, 5) is 29.7. The molecular formula is C23H22BrN3O4. The van der Waals surface area contributed by atoms with Crippen LogP contribution in [0.4, 0.5) is 0 Å². The third-order valence-corrected chi connectivity index (χ3v) is 5.09. The highest BCUT2D eigenvalue weighted by atomic mass is 79.9. The number of hydrogen-bond donors (Lipinski definition) is 4. The van der Waals surface area contributed by atoms with Crippen molar-refractivity contribution in [3.05, 3.63) is 99.8 Å². The Labute approximate surface area is 188 Å². The number of amides is 2. The normalized spacial score (nSPS) is 12.6. The van der Waals surface area contributed by atoms with Crippen molar-refractivity contribution in [2.75, 3.05) is 13.2 Å². The standard InChI is InChI=1S/C23H22BrN3O4/c24-17-11-18(22(30)26-20(13-28)15-7-3-1-4-8-15)25-19(12-17)23(31)27-21(14-29)16-9-5-2-6-10-16/h1-12,20-21,28-29H,13-14H2,(H,26,30)(H,27,31)/t20-,21-/m1/s1. The summed E-state index contributed by atoms with van der Waals surface area (Å²) in [6, 6.07) is 19.9. The highest BCUT2D eigenvalue weighted by molar-refractivity contribution is 9.10. The molecule has 4 N–H and O–H groups in total. The van der Waals surface area contributed by atoms with Crippen LogP contribution in [-0.2, 0) is 0 Å². The van der Waals surface area contributed by atoms with Gasteiger partial charge in [0, 0.05) is 4.47 Å². The summed E-state index contributed by atoms with van der Waals surface area (Å²) in [6.07, 6.45) is 0. The second-order valence-electron chi connectivity index (χ2n) is 6.79. The SMILES string of the molecule is O=C(N[C@H](CO)c1ccccc1)c1cc(Br)cc(C(=O)N[C@H](CO)c2ccccc2)n1. The zero-order chi connectivity index (χ0) is 22.2. The fourth-order valence-electron chi connectivity index (χ4n) is 3.03. The Morgan fingerprint density at radius 1 is 0.774 bits per heavy atom. The Balaban J connectivity index is 1.77. The minimum atomic E-state index is -0.608. The van der Waals surface area contributed by atoms with Crippen molar-refractivity contribution in [2.24, 2.45) is 0 Å². The number of aliphatic hydroxyl groups excluding tert-OH is 2. The Morgan fingerprint density at radius 3 is 1.52 bits per heavy atom. The van der Waals surface area contributed by atoms with E-state index in [1.54, 1.807) is 24.3 Å². The molecule has 0 unspecified atom stereocenters. The lowest BCUT2D eigenvalue weighted by Crippen LogP contribution is -2.33. The van der Waals surface area contributed by atoms with Gasteiger partial charge in [0.05, 0.1) is 25.3 Å². The monoisotopic (exact) mass is 483 g/mol. The number of nitrogens with one attached hydrogen (secondary N) is 2. The molecule has 3 aromatic rings. The number of nitrogens with zero attached hydrogens (tertiary/aromatic N) is 1. The molecular weight excluding hydrogens is 462 g/mol. The van der Waals surface area contributed by atoms with Gasteiger partial charge in [-0.2, -0.15) is 0 Å². The molecule has 0 aliphatic heterocycles. The molecule has 0 spiro atoms. The number of carbonyl (C=O) groups excluding carboxylic acids is 2. The topological polar surface area (TPSA) is 112 Å². The van der Waals surface area contributed by atoms with E-state index >= 15 is 0 Å². The lowest BCUT2D eigenvalue weighted by atomic mass is 10.1. The summed E-state index contributed by atoms with van der Waals surface area (Å²) in [7, 11) is 0. The molecule has 0 saturated carbocycles. The van der Waals surface area contributed by atoms with Gasteiger partial charge in [-0.05, 0) is 23.3 Å². The molecule has 0 fully saturated rings.